The second-order valence-electron chi connectivity index (χ2n) is 18.3. The summed E-state index contributed by atoms with van der Waals surface area (Å²) in [6.07, 6.45) is 0. The molecule has 0 spiro atoms. The molecule has 0 aliphatic heterocycles. The van der Waals surface area contributed by atoms with E-state index >= 15 is 0 Å². The molecule has 0 saturated carbocycles. The summed E-state index contributed by atoms with van der Waals surface area (Å²) in [5, 5.41) is 28.2. The van der Waals surface area contributed by atoms with E-state index in [0.717, 1.165) is 66.4 Å². The van der Waals surface area contributed by atoms with Crippen molar-refractivity contribution in [3.05, 3.63) is 215 Å². The Balaban J connectivity index is 1.12. The van der Waals surface area contributed by atoms with E-state index in [1.165, 1.54) is 44.5 Å². The van der Waals surface area contributed by atoms with Gasteiger partial charge in [0.2, 0.25) is 0 Å². The van der Waals surface area contributed by atoms with Crippen molar-refractivity contribution < 1.29 is 0 Å². The number of anilines is 6. The van der Waals surface area contributed by atoms with E-state index in [1.807, 2.05) is 24.3 Å². The fourth-order valence-electron chi connectivity index (χ4n) is 11.2. The molecule has 0 amide bonds. The highest BCUT2D eigenvalue weighted by Gasteiger charge is 2.38. The van der Waals surface area contributed by atoms with Crippen LogP contribution in [0.1, 0.15) is 61.1 Å². The lowest BCUT2D eigenvalue weighted by Gasteiger charge is -2.31. The SMILES string of the molecule is CC1(C)c2ccccc2-c2ccc(N(c3ccccc3)c3c(C#N)cc4ccc5cc(C#N)c(N(c6ccccc6)c6ccc7c(c6)C(C)(C)c6ccccc6-7)c6ccc3c4c56)cc21. The molecule has 0 bridgehead atoms. The van der Waals surface area contributed by atoms with Gasteiger partial charge < -0.3 is 9.80 Å². The molecule has 64 heavy (non-hydrogen) atoms. The Bertz CT molecular complexity index is 3400. The molecule has 302 valence electrons. The summed E-state index contributed by atoms with van der Waals surface area (Å²) in [4.78, 5) is 4.54. The van der Waals surface area contributed by atoms with Crippen LogP contribution in [0.15, 0.2) is 182 Å². The molecule has 0 radical (unpaired) electrons. The molecule has 4 heteroatoms. The predicted octanol–water partition coefficient (Wildman–Crippen LogP) is 15.9. The average molecular weight is 819 g/mol. The van der Waals surface area contributed by atoms with Crippen LogP contribution in [0.4, 0.5) is 34.1 Å². The summed E-state index contributed by atoms with van der Waals surface area (Å²) in [5.41, 5.74) is 16.5. The molecule has 0 unspecified atom stereocenters. The first-order chi connectivity index (χ1) is 31.2. The Morgan fingerprint density at radius 2 is 0.734 bits per heavy atom. The van der Waals surface area contributed by atoms with Gasteiger partial charge >= 0.3 is 0 Å². The standard InChI is InChI=1S/C60H42N4/c1-59(2)51-21-13-11-19-45(51)47-27-25-43(33-53(47)59)63(41-15-7-5-8-16-41)57-39(35-61)31-37-23-24-38-32-40(36-62)58(50-30-29-49(57)55(37)56(38)50)64(42-17-9-6-10-18-42)44-26-28-48-46-20-12-14-22-52(46)60(3,4)54(48)34-44/h5-34H,1-4H3. The maximum absolute atomic E-state index is 11.1. The van der Waals surface area contributed by atoms with Crippen LogP contribution in [0.3, 0.4) is 0 Å². The number of nitriles is 2. The third kappa shape index (κ3) is 5.21. The lowest BCUT2D eigenvalue weighted by atomic mass is 9.82. The van der Waals surface area contributed by atoms with Crippen molar-refractivity contribution in [2.75, 3.05) is 9.80 Å². The number of para-hydroxylation sites is 2. The smallest absolute Gasteiger partial charge is 0.101 e. The number of hydrogen-bond acceptors (Lipinski definition) is 4. The number of rotatable bonds is 6. The lowest BCUT2D eigenvalue weighted by Crippen LogP contribution is -2.17. The van der Waals surface area contributed by atoms with Crippen LogP contribution in [0, 0.1) is 22.7 Å². The minimum atomic E-state index is -0.205. The van der Waals surface area contributed by atoms with Gasteiger partial charge in [-0.05, 0) is 127 Å². The van der Waals surface area contributed by atoms with Gasteiger partial charge in [-0.15, -0.1) is 0 Å². The van der Waals surface area contributed by atoms with Crippen LogP contribution in [0.2, 0.25) is 0 Å². The summed E-state index contributed by atoms with van der Waals surface area (Å²) in [6, 6.07) is 69.7. The molecule has 0 saturated heterocycles. The van der Waals surface area contributed by atoms with Gasteiger partial charge in [0.25, 0.3) is 0 Å². The Kier molecular flexibility index (Phi) is 8.02. The molecule has 10 aromatic carbocycles. The summed E-state index contributed by atoms with van der Waals surface area (Å²) < 4.78 is 0. The zero-order valence-corrected chi connectivity index (χ0v) is 36.1. The Morgan fingerprint density at radius 1 is 0.359 bits per heavy atom. The highest BCUT2D eigenvalue weighted by molar-refractivity contribution is 6.29. The maximum Gasteiger partial charge on any atom is 0.101 e. The van der Waals surface area contributed by atoms with Gasteiger partial charge in [0.1, 0.15) is 12.1 Å². The normalized spacial score (nSPS) is 13.8. The molecule has 4 nitrogen and oxygen atoms in total. The van der Waals surface area contributed by atoms with Gasteiger partial charge in [0, 0.05) is 44.4 Å². The molecule has 12 rings (SSSR count). The molecule has 0 atom stereocenters. The Morgan fingerprint density at radius 3 is 1.14 bits per heavy atom. The van der Waals surface area contributed by atoms with E-state index in [0.29, 0.717) is 11.1 Å². The van der Waals surface area contributed by atoms with E-state index in [1.54, 1.807) is 0 Å². The van der Waals surface area contributed by atoms with Crippen LogP contribution in [-0.2, 0) is 10.8 Å². The largest absolute Gasteiger partial charge is 0.309 e. The number of nitrogens with zero attached hydrogens (tertiary/aromatic N) is 4. The highest BCUT2D eigenvalue weighted by atomic mass is 15.2. The molecular formula is C60H42N4. The Hall–Kier alpha value is -8.18. The van der Waals surface area contributed by atoms with Crippen LogP contribution < -0.4 is 9.80 Å². The topological polar surface area (TPSA) is 54.1 Å². The molecule has 0 fully saturated rings. The van der Waals surface area contributed by atoms with Crippen molar-refractivity contribution in [3.63, 3.8) is 0 Å². The maximum atomic E-state index is 11.1. The van der Waals surface area contributed by atoms with E-state index in [9.17, 15) is 10.5 Å². The quantitative estimate of drug-likeness (QED) is 0.157. The number of hydrogen-bond donors (Lipinski definition) is 0. The van der Waals surface area contributed by atoms with Gasteiger partial charge in [0.15, 0.2) is 0 Å². The summed E-state index contributed by atoms with van der Waals surface area (Å²) >= 11 is 0. The fraction of sp³-hybridized carbons (Fsp3) is 0.100. The van der Waals surface area contributed by atoms with Crippen molar-refractivity contribution in [2.24, 2.45) is 0 Å². The minimum Gasteiger partial charge on any atom is -0.309 e. The number of fused-ring (bicyclic) bond motifs is 6. The second-order valence-corrected chi connectivity index (χ2v) is 18.3. The Labute approximate surface area is 373 Å². The molecule has 0 heterocycles. The fourth-order valence-corrected chi connectivity index (χ4v) is 11.2. The van der Waals surface area contributed by atoms with E-state index in [4.69, 9.17) is 0 Å². The van der Waals surface area contributed by atoms with Crippen molar-refractivity contribution in [2.45, 2.75) is 38.5 Å². The van der Waals surface area contributed by atoms with Crippen molar-refractivity contribution in [3.8, 4) is 34.4 Å². The van der Waals surface area contributed by atoms with Gasteiger partial charge in [0.05, 0.1) is 22.5 Å². The van der Waals surface area contributed by atoms with Gasteiger partial charge in [-0.1, -0.05) is 149 Å². The summed E-state index contributed by atoms with van der Waals surface area (Å²) in [7, 11) is 0. The molecule has 2 aliphatic carbocycles. The zero-order valence-electron chi connectivity index (χ0n) is 36.1. The minimum absolute atomic E-state index is 0.205. The van der Waals surface area contributed by atoms with Gasteiger partial charge in [-0.2, -0.15) is 10.5 Å². The van der Waals surface area contributed by atoms with E-state index < -0.39 is 0 Å². The molecule has 2 aliphatic rings. The monoisotopic (exact) mass is 818 g/mol. The third-order valence-corrected chi connectivity index (χ3v) is 14.2. The van der Waals surface area contributed by atoms with Crippen LogP contribution in [0.5, 0.6) is 0 Å². The van der Waals surface area contributed by atoms with Crippen LogP contribution in [0.25, 0.3) is 54.6 Å². The zero-order chi connectivity index (χ0) is 43.5. The molecule has 0 N–H and O–H groups in total. The van der Waals surface area contributed by atoms with E-state index in [-0.39, 0.29) is 10.8 Å². The molecular weight excluding hydrogens is 777 g/mol. The summed E-state index contributed by atoms with van der Waals surface area (Å²) in [5.74, 6) is 0. The lowest BCUT2D eigenvalue weighted by molar-refractivity contribution is 0.660. The second kappa shape index (κ2) is 13.7. The first-order valence-electron chi connectivity index (χ1n) is 22.0. The number of benzene rings is 10. The van der Waals surface area contributed by atoms with Crippen molar-refractivity contribution in [1.29, 1.82) is 10.5 Å². The first-order valence-corrected chi connectivity index (χ1v) is 22.0. The van der Waals surface area contributed by atoms with E-state index in [2.05, 4.69) is 207 Å². The highest BCUT2D eigenvalue weighted by Crippen LogP contribution is 2.55. The molecule has 0 aromatic heterocycles. The third-order valence-electron chi connectivity index (χ3n) is 14.2. The first kappa shape index (κ1) is 37.6. The van der Waals surface area contributed by atoms with Gasteiger partial charge in [-0.25, -0.2) is 0 Å². The average Bonchev–Trinajstić information content (AvgIpc) is 3.71. The van der Waals surface area contributed by atoms with Crippen LogP contribution >= 0.6 is 0 Å². The van der Waals surface area contributed by atoms with Gasteiger partial charge in [-0.3, -0.25) is 0 Å². The molecule has 10 aromatic rings. The van der Waals surface area contributed by atoms with Crippen molar-refractivity contribution in [1.82, 2.24) is 0 Å². The van der Waals surface area contributed by atoms with Crippen molar-refractivity contribution >= 4 is 66.4 Å². The van der Waals surface area contributed by atoms with Crippen LogP contribution in [-0.4, -0.2) is 0 Å². The summed E-state index contributed by atoms with van der Waals surface area (Å²) in [6.45, 7) is 9.22. The predicted molar refractivity (Wildman–Crippen MR) is 264 cm³/mol.